The molecule has 0 aromatic carbocycles. The number of amides is 1. The van der Waals surface area contributed by atoms with E-state index in [1.165, 1.54) is 0 Å². The van der Waals surface area contributed by atoms with Crippen LogP contribution < -0.4 is 5.32 Å². The van der Waals surface area contributed by atoms with Gasteiger partial charge in [0.15, 0.2) is 0 Å². The number of alkyl carbamates (subject to hydrolysis) is 1. The normalized spacial score (nSPS) is 24.2. The highest BCUT2D eigenvalue weighted by Gasteiger charge is 2.26. The van der Waals surface area contributed by atoms with Gasteiger partial charge in [0.1, 0.15) is 11.7 Å². The first-order valence-electron chi connectivity index (χ1n) is 6.52. The topological polar surface area (TPSA) is 90.9 Å². The van der Waals surface area contributed by atoms with Gasteiger partial charge in [0.2, 0.25) is 0 Å². The third-order valence-electron chi connectivity index (χ3n) is 2.51. The van der Waals surface area contributed by atoms with Crippen LogP contribution in [0.5, 0.6) is 0 Å². The van der Waals surface area contributed by atoms with E-state index < -0.39 is 27.9 Å². The molecule has 0 aliphatic carbocycles. The summed E-state index contributed by atoms with van der Waals surface area (Å²) in [5.74, 6) is 0. The van der Waals surface area contributed by atoms with E-state index in [0.717, 1.165) is 6.26 Å². The molecule has 0 bridgehead atoms. The van der Waals surface area contributed by atoms with Crippen molar-refractivity contribution in [2.45, 2.75) is 51.4 Å². The third kappa shape index (κ3) is 7.66. The van der Waals surface area contributed by atoms with Crippen LogP contribution in [0, 0.1) is 0 Å². The molecule has 1 rings (SSSR count). The summed E-state index contributed by atoms with van der Waals surface area (Å²) in [5, 5.41) is 2.63. The molecule has 1 heterocycles. The molecule has 20 heavy (non-hydrogen) atoms. The van der Waals surface area contributed by atoms with Crippen molar-refractivity contribution in [3.8, 4) is 0 Å². The van der Waals surface area contributed by atoms with Gasteiger partial charge in [-0.2, -0.15) is 8.42 Å². The first-order valence-corrected chi connectivity index (χ1v) is 8.33. The summed E-state index contributed by atoms with van der Waals surface area (Å²) in [6.07, 6.45) is 1.13. The number of carbonyl (C=O) groups is 1. The van der Waals surface area contributed by atoms with E-state index in [4.69, 9.17) is 13.7 Å². The number of ether oxygens (including phenoxy) is 2. The lowest BCUT2D eigenvalue weighted by Gasteiger charge is -2.28. The molecule has 0 radical (unpaired) electrons. The van der Waals surface area contributed by atoms with Gasteiger partial charge in [0.25, 0.3) is 10.1 Å². The predicted octanol–water partition coefficient (Wildman–Crippen LogP) is 1.03. The Morgan fingerprint density at radius 3 is 2.45 bits per heavy atom. The standard InChI is InChI=1S/C12H23NO6S/c1-12(2,3)18-11(14)13-7-9-5-6-10(8-17-9)19-20(4,15)16/h9-10H,5-8H2,1-4H3,(H,13,14). The maximum absolute atomic E-state index is 11.5. The summed E-state index contributed by atoms with van der Waals surface area (Å²) in [7, 11) is -3.46. The molecule has 0 aromatic rings. The maximum atomic E-state index is 11.5. The highest BCUT2D eigenvalue weighted by molar-refractivity contribution is 7.86. The van der Waals surface area contributed by atoms with Crippen LogP contribution in [0.3, 0.4) is 0 Å². The summed E-state index contributed by atoms with van der Waals surface area (Å²) >= 11 is 0. The van der Waals surface area contributed by atoms with Gasteiger partial charge >= 0.3 is 6.09 Å². The summed E-state index contributed by atoms with van der Waals surface area (Å²) in [6, 6.07) is 0. The summed E-state index contributed by atoms with van der Waals surface area (Å²) in [5.41, 5.74) is -0.536. The van der Waals surface area contributed by atoms with E-state index >= 15 is 0 Å². The molecule has 1 N–H and O–H groups in total. The molecule has 8 heteroatoms. The van der Waals surface area contributed by atoms with Crippen LogP contribution in [0.25, 0.3) is 0 Å². The minimum absolute atomic E-state index is 0.151. The minimum Gasteiger partial charge on any atom is -0.444 e. The Morgan fingerprint density at radius 2 is 2.00 bits per heavy atom. The highest BCUT2D eigenvalue weighted by Crippen LogP contribution is 2.17. The average molecular weight is 309 g/mol. The van der Waals surface area contributed by atoms with Crippen molar-refractivity contribution in [2.75, 3.05) is 19.4 Å². The Labute approximate surface area is 120 Å². The van der Waals surface area contributed by atoms with E-state index in [1.807, 2.05) is 0 Å². The van der Waals surface area contributed by atoms with E-state index in [1.54, 1.807) is 20.8 Å². The fraction of sp³-hybridized carbons (Fsp3) is 0.917. The molecular weight excluding hydrogens is 286 g/mol. The van der Waals surface area contributed by atoms with Crippen molar-refractivity contribution >= 4 is 16.2 Å². The second-order valence-electron chi connectivity index (χ2n) is 5.84. The minimum atomic E-state index is -3.46. The van der Waals surface area contributed by atoms with E-state index in [2.05, 4.69) is 5.32 Å². The molecule has 0 aromatic heterocycles. The summed E-state index contributed by atoms with van der Waals surface area (Å²) in [4.78, 5) is 11.5. The molecule has 118 valence electrons. The monoisotopic (exact) mass is 309 g/mol. The Balaban J connectivity index is 2.24. The fourth-order valence-corrected chi connectivity index (χ4v) is 2.42. The number of hydrogen-bond donors (Lipinski definition) is 1. The molecular formula is C12H23NO6S. The Bertz CT molecular complexity index is 420. The van der Waals surface area contributed by atoms with Crippen molar-refractivity contribution in [3.63, 3.8) is 0 Å². The van der Waals surface area contributed by atoms with Gasteiger partial charge in [-0.05, 0) is 33.6 Å². The first kappa shape index (κ1) is 17.2. The van der Waals surface area contributed by atoms with Gasteiger partial charge in [0, 0.05) is 6.54 Å². The summed E-state index contributed by atoms with van der Waals surface area (Å²) < 4.78 is 37.4. The van der Waals surface area contributed by atoms with Gasteiger partial charge in [-0.1, -0.05) is 0 Å². The van der Waals surface area contributed by atoms with Crippen molar-refractivity contribution in [1.29, 1.82) is 0 Å². The van der Waals surface area contributed by atoms with Crippen LogP contribution in [0.4, 0.5) is 4.79 Å². The number of rotatable bonds is 4. The molecule has 0 saturated carbocycles. The Morgan fingerprint density at radius 1 is 1.35 bits per heavy atom. The molecule has 0 spiro atoms. The second kappa shape index (κ2) is 6.73. The summed E-state index contributed by atoms with van der Waals surface area (Å²) in [6.45, 7) is 5.90. The van der Waals surface area contributed by atoms with Gasteiger partial charge in [-0.3, -0.25) is 4.18 Å². The van der Waals surface area contributed by atoms with Crippen LogP contribution in [0.15, 0.2) is 0 Å². The Kier molecular flexibility index (Phi) is 5.79. The zero-order valence-corrected chi connectivity index (χ0v) is 13.2. The van der Waals surface area contributed by atoms with Crippen LogP contribution in [0.2, 0.25) is 0 Å². The van der Waals surface area contributed by atoms with E-state index in [9.17, 15) is 13.2 Å². The lowest BCUT2D eigenvalue weighted by molar-refractivity contribution is -0.0430. The zero-order chi connectivity index (χ0) is 15.4. The van der Waals surface area contributed by atoms with Gasteiger partial charge in [-0.25, -0.2) is 4.79 Å². The molecule has 1 aliphatic heterocycles. The molecule has 1 fully saturated rings. The smallest absolute Gasteiger partial charge is 0.407 e. The molecule has 7 nitrogen and oxygen atoms in total. The van der Waals surface area contributed by atoms with Gasteiger partial charge in [0.05, 0.1) is 19.0 Å². The lowest BCUT2D eigenvalue weighted by Crippen LogP contribution is -2.41. The van der Waals surface area contributed by atoms with Crippen LogP contribution in [0.1, 0.15) is 33.6 Å². The molecule has 2 unspecified atom stereocenters. The Hall–Kier alpha value is -0.860. The van der Waals surface area contributed by atoms with E-state index in [-0.39, 0.29) is 12.7 Å². The zero-order valence-electron chi connectivity index (χ0n) is 12.3. The SMILES string of the molecule is CC(C)(C)OC(=O)NCC1CCC(OS(C)(=O)=O)CO1. The third-order valence-corrected chi connectivity index (χ3v) is 3.13. The number of carbonyl (C=O) groups excluding carboxylic acids is 1. The van der Waals surface area contributed by atoms with Gasteiger partial charge < -0.3 is 14.8 Å². The van der Waals surface area contributed by atoms with E-state index in [0.29, 0.717) is 19.4 Å². The molecule has 2 atom stereocenters. The number of hydrogen-bond acceptors (Lipinski definition) is 6. The molecule has 1 amide bonds. The predicted molar refractivity (Wildman–Crippen MR) is 72.9 cm³/mol. The molecule has 1 saturated heterocycles. The van der Waals surface area contributed by atoms with Crippen LogP contribution >= 0.6 is 0 Å². The number of nitrogens with one attached hydrogen (secondary N) is 1. The van der Waals surface area contributed by atoms with Crippen LogP contribution in [-0.4, -0.2) is 51.7 Å². The fourth-order valence-electron chi connectivity index (χ4n) is 1.78. The van der Waals surface area contributed by atoms with Gasteiger partial charge in [-0.15, -0.1) is 0 Å². The average Bonchev–Trinajstić information content (AvgIpc) is 2.23. The first-order chi connectivity index (χ1) is 9.05. The highest BCUT2D eigenvalue weighted by atomic mass is 32.2. The maximum Gasteiger partial charge on any atom is 0.407 e. The van der Waals surface area contributed by atoms with Crippen molar-refractivity contribution in [3.05, 3.63) is 0 Å². The largest absolute Gasteiger partial charge is 0.444 e. The molecule has 1 aliphatic rings. The van der Waals surface area contributed by atoms with Crippen LogP contribution in [-0.2, 0) is 23.8 Å². The second-order valence-corrected chi connectivity index (χ2v) is 7.44. The quantitative estimate of drug-likeness (QED) is 0.780. The van der Waals surface area contributed by atoms with Crippen molar-refractivity contribution in [2.24, 2.45) is 0 Å². The lowest BCUT2D eigenvalue weighted by atomic mass is 10.1. The van der Waals surface area contributed by atoms with Crippen molar-refractivity contribution in [1.82, 2.24) is 5.32 Å². The van der Waals surface area contributed by atoms with Crippen molar-refractivity contribution < 1.29 is 26.9 Å².